The summed E-state index contributed by atoms with van der Waals surface area (Å²) in [5.74, 6) is 0.942. The summed E-state index contributed by atoms with van der Waals surface area (Å²) < 4.78 is 11.1. The zero-order valence-electron chi connectivity index (χ0n) is 7.84. The van der Waals surface area contributed by atoms with Gasteiger partial charge in [-0.15, -0.1) is 0 Å². The fourth-order valence-electron chi connectivity index (χ4n) is 2.53. The van der Waals surface area contributed by atoms with Crippen molar-refractivity contribution in [2.24, 2.45) is 5.92 Å². The predicted octanol–water partition coefficient (Wildman–Crippen LogP) is 1.98. The molecule has 12 heavy (non-hydrogen) atoms. The maximum Gasteiger partial charge on any atom is 0.0914 e. The predicted molar refractivity (Wildman–Crippen MR) is 47.1 cm³/mol. The van der Waals surface area contributed by atoms with Crippen LogP contribution in [0.2, 0.25) is 0 Å². The smallest absolute Gasteiger partial charge is 0.0914 e. The lowest BCUT2D eigenvalue weighted by Gasteiger charge is -2.35. The Morgan fingerprint density at radius 2 is 2.08 bits per heavy atom. The van der Waals surface area contributed by atoms with Crippen LogP contribution in [0.4, 0.5) is 0 Å². The number of fused-ring (bicyclic) bond motifs is 4. The molecule has 2 aliphatic heterocycles. The third-order valence-corrected chi connectivity index (χ3v) is 3.36. The summed E-state index contributed by atoms with van der Waals surface area (Å²) in [4.78, 5) is 0. The summed E-state index contributed by atoms with van der Waals surface area (Å²) in [6, 6.07) is 0. The van der Waals surface area contributed by atoms with Gasteiger partial charge in [-0.3, -0.25) is 0 Å². The van der Waals surface area contributed by atoms with Crippen molar-refractivity contribution in [2.45, 2.75) is 37.7 Å². The molecule has 0 unspecified atom stereocenters. The molecular formula is C10H18O2. The van der Waals surface area contributed by atoms with Crippen molar-refractivity contribution in [3.05, 3.63) is 0 Å². The van der Waals surface area contributed by atoms with Gasteiger partial charge in [-0.25, -0.2) is 0 Å². The van der Waals surface area contributed by atoms with Crippen molar-refractivity contribution in [3.8, 4) is 0 Å². The zero-order valence-corrected chi connectivity index (χ0v) is 7.84. The van der Waals surface area contributed by atoms with Crippen molar-refractivity contribution >= 4 is 0 Å². The van der Waals surface area contributed by atoms with Crippen molar-refractivity contribution in [1.82, 2.24) is 0 Å². The van der Waals surface area contributed by atoms with Gasteiger partial charge in [0, 0.05) is 13.7 Å². The van der Waals surface area contributed by atoms with E-state index in [9.17, 15) is 0 Å². The Bertz CT molecular complexity index is 142. The highest BCUT2D eigenvalue weighted by molar-refractivity contribution is 4.89. The molecule has 0 aromatic heterocycles. The van der Waals surface area contributed by atoms with Gasteiger partial charge >= 0.3 is 0 Å². The fourth-order valence-corrected chi connectivity index (χ4v) is 2.53. The topological polar surface area (TPSA) is 18.5 Å². The van der Waals surface area contributed by atoms with E-state index in [0.29, 0.717) is 0 Å². The Hall–Kier alpha value is -0.0800. The Kier molecular flexibility index (Phi) is 2.37. The largest absolute Gasteiger partial charge is 0.382 e. The molecule has 0 aromatic rings. The van der Waals surface area contributed by atoms with Crippen LogP contribution < -0.4 is 0 Å². The molecule has 2 heteroatoms. The number of methoxy groups -OCH3 is 1. The number of hydrogen-bond acceptors (Lipinski definition) is 2. The molecule has 0 N–H and O–H groups in total. The second-order valence-corrected chi connectivity index (χ2v) is 4.20. The fraction of sp³-hybridized carbons (Fsp3) is 1.00. The first kappa shape index (κ1) is 8.52. The van der Waals surface area contributed by atoms with Gasteiger partial charge < -0.3 is 9.47 Å². The van der Waals surface area contributed by atoms with Gasteiger partial charge in [0.05, 0.1) is 12.2 Å². The molecule has 1 saturated carbocycles. The van der Waals surface area contributed by atoms with Crippen LogP contribution >= 0.6 is 0 Å². The lowest BCUT2D eigenvalue weighted by molar-refractivity contribution is -0.0933. The Balaban J connectivity index is 2.03. The highest BCUT2D eigenvalue weighted by Crippen LogP contribution is 2.39. The molecule has 0 atom stereocenters. The van der Waals surface area contributed by atoms with Crippen LogP contribution in [-0.2, 0) is 9.47 Å². The van der Waals surface area contributed by atoms with E-state index in [1.54, 1.807) is 7.11 Å². The maximum absolute atomic E-state index is 5.90. The molecule has 0 radical (unpaired) electrons. The van der Waals surface area contributed by atoms with E-state index < -0.39 is 0 Å². The molecule has 70 valence electrons. The van der Waals surface area contributed by atoms with Crippen LogP contribution in [0.5, 0.6) is 0 Å². The monoisotopic (exact) mass is 170 g/mol. The van der Waals surface area contributed by atoms with Gasteiger partial charge in [-0.05, 0) is 38.0 Å². The second kappa shape index (κ2) is 3.35. The molecule has 3 aliphatic rings. The molecule has 2 saturated heterocycles. The van der Waals surface area contributed by atoms with Crippen molar-refractivity contribution in [1.29, 1.82) is 0 Å². The van der Waals surface area contributed by atoms with Crippen LogP contribution in [0.1, 0.15) is 32.1 Å². The van der Waals surface area contributed by atoms with Gasteiger partial charge in [0.2, 0.25) is 0 Å². The molecule has 2 bridgehead atoms. The molecule has 0 aromatic carbocycles. The van der Waals surface area contributed by atoms with E-state index >= 15 is 0 Å². The molecule has 3 rings (SSSR count). The maximum atomic E-state index is 5.90. The summed E-state index contributed by atoms with van der Waals surface area (Å²) in [7, 11) is 1.77. The van der Waals surface area contributed by atoms with Crippen LogP contribution in [0, 0.1) is 5.92 Å². The van der Waals surface area contributed by atoms with Gasteiger partial charge in [-0.1, -0.05) is 0 Å². The first-order valence-corrected chi connectivity index (χ1v) is 4.98. The highest BCUT2D eigenvalue weighted by Gasteiger charge is 2.38. The van der Waals surface area contributed by atoms with Gasteiger partial charge in [0.1, 0.15) is 0 Å². The molecule has 2 heterocycles. The third-order valence-electron chi connectivity index (χ3n) is 3.36. The Morgan fingerprint density at radius 1 is 1.33 bits per heavy atom. The van der Waals surface area contributed by atoms with E-state index in [0.717, 1.165) is 19.1 Å². The Labute approximate surface area is 74.2 Å². The minimum absolute atomic E-state index is 0.0990. The number of rotatable bonds is 2. The number of hydrogen-bond donors (Lipinski definition) is 0. The van der Waals surface area contributed by atoms with Crippen molar-refractivity contribution < 1.29 is 9.47 Å². The second-order valence-electron chi connectivity index (χ2n) is 4.20. The zero-order chi connectivity index (χ0) is 8.44. The lowest BCUT2D eigenvalue weighted by Crippen LogP contribution is -2.38. The van der Waals surface area contributed by atoms with E-state index in [1.165, 1.54) is 32.1 Å². The minimum atomic E-state index is 0.0990. The van der Waals surface area contributed by atoms with E-state index in [1.807, 2.05) is 0 Å². The van der Waals surface area contributed by atoms with E-state index in [4.69, 9.17) is 9.47 Å². The molecular weight excluding hydrogens is 152 g/mol. The summed E-state index contributed by atoms with van der Waals surface area (Å²) in [6.07, 6.45) is 6.40. The highest BCUT2D eigenvalue weighted by atomic mass is 16.5. The molecule has 1 aliphatic carbocycles. The van der Waals surface area contributed by atoms with Crippen LogP contribution in [0.15, 0.2) is 0 Å². The van der Waals surface area contributed by atoms with Crippen LogP contribution in [0.3, 0.4) is 0 Å². The van der Waals surface area contributed by atoms with Crippen molar-refractivity contribution in [2.75, 3.05) is 20.3 Å². The van der Waals surface area contributed by atoms with Gasteiger partial charge in [-0.2, -0.15) is 0 Å². The molecule has 0 spiro atoms. The Morgan fingerprint density at radius 3 is 2.75 bits per heavy atom. The van der Waals surface area contributed by atoms with Crippen LogP contribution in [-0.4, -0.2) is 25.9 Å². The summed E-state index contributed by atoms with van der Waals surface area (Å²) >= 11 is 0. The minimum Gasteiger partial charge on any atom is -0.382 e. The summed E-state index contributed by atoms with van der Waals surface area (Å²) in [5, 5.41) is 0. The number of ether oxygens (including phenoxy) is 2. The summed E-state index contributed by atoms with van der Waals surface area (Å²) in [6.45, 7) is 1.74. The SMILES string of the molecule is COCC12CCC(CCO1)CC2. The average molecular weight is 170 g/mol. The lowest BCUT2D eigenvalue weighted by atomic mass is 9.79. The standard InChI is InChI=1S/C10H18O2/c1-11-8-10-5-2-9(3-6-10)4-7-12-10/h9H,2-8H2,1H3. The first-order chi connectivity index (χ1) is 5.85. The summed E-state index contributed by atoms with van der Waals surface area (Å²) in [5.41, 5.74) is 0.0990. The average Bonchev–Trinajstić information content (AvgIpc) is 2.38. The van der Waals surface area contributed by atoms with Gasteiger partial charge in [0.25, 0.3) is 0 Å². The van der Waals surface area contributed by atoms with E-state index in [-0.39, 0.29) is 5.60 Å². The quantitative estimate of drug-likeness (QED) is 0.631. The van der Waals surface area contributed by atoms with Crippen molar-refractivity contribution in [3.63, 3.8) is 0 Å². The normalized spacial score (nSPS) is 41.2. The molecule has 3 fully saturated rings. The van der Waals surface area contributed by atoms with Crippen LogP contribution in [0.25, 0.3) is 0 Å². The van der Waals surface area contributed by atoms with Gasteiger partial charge in [0.15, 0.2) is 0 Å². The molecule has 0 amide bonds. The van der Waals surface area contributed by atoms with E-state index in [2.05, 4.69) is 0 Å². The third kappa shape index (κ3) is 1.50. The first-order valence-electron chi connectivity index (χ1n) is 4.98. The molecule has 2 nitrogen and oxygen atoms in total.